The van der Waals surface area contributed by atoms with Gasteiger partial charge in [-0.3, -0.25) is 4.79 Å². The van der Waals surface area contributed by atoms with E-state index in [1.807, 2.05) is 36.2 Å². The minimum Gasteiger partial charge on any atom is -0.480 e. The zero-order valence-corrected chi connectivity index (χ0v) is 10.5. The second-order valence-corrected chi connectivity index (χ2v) is 4.52. The standard InChI is InChI=1S/C12H17ClN2O2/c1-15(8-11(14)12(16)17)7-6-9-2-4-10(13)5-3-9/h2-5,11H,6-8,14H2,1H3,(H,16,17). The highest BCUT2D eigenvalue weighted by atomic mass is 35.5. The number of nitrogens with two attached hydrogens (primary N) is 1. The van der Waals surface area contributed by atoms with E-state index < -0.39 is 12.0 Å². The summed E-state index contributed by atoms with van der Waals surface area (Å²) in [6.45, 7) is 1.12. The summed E-state index contributed by atoms with van der Waals surface area (Å²) in [4.78, 5) is 12.5. The van der Waals surface area contributed by atoms with Gasteiger partial charge >= 0.3 is 5.97 Å². The Labute approximate surface area is 106 Å². The van der Waals surface area contributed by atoms with Crippen LogP contribution in [0.1, 0.15) is 5.56 Å². The van der Waals surface area contributed by atoms with Gasteiger partial charge in [-0.25, -0.2) is 0 Å². The minimum absolute atomic E-state index is 0.350. The van der Waals surface area contributed by atoms with Crippen LogP contribution >= 0.6 is 11.6 Å². The number of rotatable bonds is 6. The summed E-state index contributed by atoms with van der Waals surface area (Å²) < 4.78 is 0. The second-order valence-electron chi connectivity index (χ2n) is 4.08. The molecule has 0 bridgehead atoms. The number of benzene rings is 1. The lowest BCUT2D eigenvalue weighted by molar-refractivity contribution is -0.138. The SMILES string of the molecule is CN(CCc1ccc(Cl)cc1)CC(N)C(=O)O. The molecule has 0 fully saturated rings. The third kappa shape index (κ3) is 5.17. The molecule has 0 spiro atoms. The molecule has 3 N–H and O–H groups in total. The summed E-state index contributed by atoms with van der Waals surface area (Å²) in [7, 11) is 1.86. The zero-order chi connectivity index (χ0) is 12.8. The number of hydrogen-bond acceptors (Lipinski definition) is 3. The first kappa shape index (κ1) is 14.0. The van der Waals surface area contributed by atoms with E-state index in [9.17, 15) is 4.79 Å². The molecule has 0 heterocycles. The first-order chi connectivity index (χ1) is 7.99. The first-order valence-electron chi connectivity index (χ1n) is 5.40. The number of likely N-dealkylation sites (N-methyl/N-ethyl adjacent to an activating group) is 1. The number of hydrogen-bond donors (Lipinski definition) is 2. The molecule has 0 aromatic heterocycles. The maximum Gasteiger partial charge on any atom is 0.321 e. The van der Waals surface area contributed by atoms with Crippen LogP contribution in [0.25, 0.3) is 0 Å². The molecule has 0 saturated carbocycles. The van der Waals surface area contributed by atoms with Crippen LogP contribution in [-0.4, -0.2) is 42.2 Å². The van der Waals surface area contributed by atoms with Crippen LogP contribution in [0.2, 0.25) is 5.02 Å². The Kier molecular flexibility index (Phi) is 5.41. The van der Waals surface area contributed by atoms with Crippen LogP contribution < -0.4 is 5.73 Å². The van der Waals surface area contributed by atoms with Gasteiger partial charge in [0.15, 0.2) is 0 Å². The molecule has 0 radical (unpaired) electrons. The Morgan fingerprint density at radius 1 is 1.47 bits per heavy atom. The molecule has 17 heavy (non-hydrogen) atoms. The Morgan fingerprint density at radius 2 is 2.06 bits per heavy atom. The number of aliphatic carboxylic acids is 1. The number of carboxylic acid groups (broad SMARTS) is 1. The highest BCUT2D eigenvalue weighted by Gasteiger charge is 2.13. The van der Waals surface area contributed by atoms with Crippen molar-refractivity contribution in [2.24, 2.45) is 5.73 Å². The van der Waals surface area contributed by atoms with E-state index in [0.29, 0.717) is 6.54 Å². The predicted octanol–water partition coefficient (Wildman–Crippen LogP) is 1.23. The number of nitrogens with zero attached hydrogens (tertiary/aromatic N) is 1. The highest BCUT2D eigenvalue weighted by Crippen LogP contribution is 2.10. The van der Waals surface area contributed by atoms with Gasteiger partial charge in [0.1, 0.15) is 6.04 Å². The van der Waals surface area contributed by atoms with E-state index in [1.165, 1.54) is 5.56 Å². The van der Waals surface area contributed by atoms with Crippen LogP contribution in [0.3, 0.4) is 0 Å². The molecule has 4 nitrogen and oxygen atoms in total. The molecule has 0 amide bonds. The average Bonchev–Trinajstić information content (AvgIpc) is 2.28. The molecular formula is C12H17ClN2O2. The quantitative estimate of drug-likeness (QED) is 0.803. The molecule has 1 rings (SSSR count). The lowest BCUT2D eigenvalue weighted by Gasteiger charge is -2.18. The molecule has 1 aromatic carbocycles. The van der Waals surface area contributed by atoms with Crippen molar-refractivity contribution in [3.63, 3.8) is 0 Å². The third-order valence-corrected chi connectivity index (χ3v) is 2.77. The predicted molar refractivity (Wildman–Crippen MR) is 68.3 cm³/mol. The molecule has 0 saturated heterocycles. The largest absolute Gasteiger partial charge is 0.480 e. The molecular weight excluding hydrogens is 240 g/mol. The molecule has 5 heteroatoms. The van der Waals surface area contributed by atoms with Gasteiger partial charge in [-0.05, 0) is 31.2 Å². The van der Waals surface area contributed by atoms with Crippen molar-refractivity contribution in [3.05, 3.63) is 34.9 Å². The average molecular weight is 257 g/mol. The van der Waals surface area contributed by atoms with E-state index in [1.54, 1.807) is 0 Å². The molecule has 94 valence electrons. The number of carboxylic acids is 1. The number of halogens is 1. The fraction of sp³-hybridized carbons (Fsp3) is 0.417. The van der Waals surface area contributed by atoms with E-state index in [0.717, 1.165) is 18.0 Å². The van der Waals surface area contributed by atoms with Crippen molar-refractivity contribution in [1.82, 2.24) is 4.90 Å². The van der Waals surface area contributed by atoms with E-state index >= 15 is 0 Å². The third-order valence-electron chi connectivity index (χ3n) is 2.52. The molecule has 1 aromatic rings. The lowest BCUT2D eigenvalue weighted by Crippen LogP contribution is -2.41. The van der Waals surface area contributed by atoms with Crippen molar-refractivity contribution in [2.75, 3.05) is 20.1 Å². The van der Waals surface area contributed by atoms with Gasteiger partial charge in [-0.1, -0.05) is 23.7 Å². The van der Waals surface area contributed by atoms with Crippen LogP contribution in [0.15, 0.2) is 24.3 Å². The first-order valence-corrected chi connectivity index (χ1v) is 5.78. The van der Waals surface area contributed by atoms with E-state index in [-0.39, 0.29) is 0 Å². The van der Waals surface area contributed by atoms with Crippen LogP contribution in [0, 0.1) is 0 Å². The van der Waals surface area contributed by atoms with Crippen molar-refractivity contribution >= 4 is 17.6 Å². The van der Waals surface area contributed by atoms with Gasteiger partial charge in [0.05, 0.1) is 0 Å². The lowest BCUT2D eigenvalue weighted by atomic mass is 10.1. The van der Waals surface area contributed by atoms with Crippen molar-refractivity contribution in [2.45, 2.75) is 12.5 Å². The van der Waals surface area contributed by atoms with Crippen LogP contribution in [0.4, 0.5) is 0 Å². The van der Waals surface area contributed by atoms with Crippen molar-refractivity contribution < 1.29 is 9.90 Å². The van der Waals surface area contributed by atoms with Crippen LogP contribution in [0.5, 0.6) is 0 Å². The summed E-state index contributed by atoms with van der Waals surface area (Å²) in [6, 6.07) is 6.80. The van der Waals surface area contributed by atoms with Gasteiger partial charge in [-0.2, -0.15) is 0 Å². The Balaban J connectivity index is 2.35. The topological polar surface area (TPSA) is 66.6 Å². The molecule has 1 atom stereocenters. The highest BCUT2D eigenvalue weighted by molar-refractivity contribution is 6.30. The summed E-state index contributed by atoms with van der Waals surface area (Å²) in [6.07, 6.45) is 0.847. The smallest absolute Gasteiger partial charge is 0.321 e. The zero-order valence-electron chi connectivity index (χ0n) is 9.77. The Hall–Kier alpha value is -1.10. The molecule has 0 aliphatic carbocycles. The van der Waals surface area contributed by atoms with Crippen molar-refractivity contribution in [3.8, 4) is 0 Å². The molecule has 0 aliphatic rings. The van der Waals surface area contributed by atoms with Crippen LogP contribution in [-0.2, 0) is 11.2 Å². The minimum atomic E-state index is -0.969. The summed E-state index contributed by atoms with van der Waals surface area (Å²) in [5.74, 6) is -0.969. The maximum atomic E-state index is 10.6. The van der Waals surface area contributed by atoms with E-state index in [2.05, 4.69) is 0 Å². The second kappa shape index (κ2) is 6.59. The Morgan fingerprint density at radius 3 is 2.59 bits per heavy atom. The normalized spacial score (nSPS) is 12.7. The summed E-state index contributed by atoms with van der Waals surface area (Å²) in [5.41, 5.74) is 6.62. The molecule has 1 unspecified atom stereocenters. The van der Waals surface area contributed by atoms with E-state index in [4.69, 9.17) is 22.4 Å². The van der Waals surface area contributed by atoms with Gasteiger partial charge in [0, 0.05) is 18.1 Å². The van der Waals surface area contributed by atoms with Gasteiger partial charge in [0.2, 0.25) is 0 Å². The van der Waals surface area contributed by atoms with Crippen molar-refractivity contribution in [1.29, 1.82) is 0 Å². The summed E-state index contributed by atoms with van der Waals surface area (Å²) >= 11 is 5.79. The van der Waals surface area contributed by atoms with Gasteiger partial charge < -0.3 is 15.7 Å². The fourth-order valence-corrected chi connectivity index (χ4v) is 1.60. The summed E-state index contributed by atoms with van der Waals surface area (Å²) in [5, 5.41) is 9.40. The van der Waals surface area contributed by atoms with Gasteiger partial charge in [-0.15, -0.1) is 0 Å². The van der Waals surface area contributed by atoms with Gasteiger partial charge in [0.25, 0.3) is 0 Å². The monoisotopic (exact) mass is 256 g/mol. The number of carbonyl (C=O) groups is 1. The Bertz CT molecular complexity index is 367. The molecule has 0 aliphatic heterocycles. The maximum absolute atomic E-state index is 10.6. The fourth-order valence-electron chi connectivity index (χ4n) is 1.48.